The molecule has 0 aromatic rings. The van der Waals surface area contributed by atoms with E-state index in [2.05, 4.69) is 11.8 Å². The molecule has 3 heteroatoms. The van der Waals surface area contributed by atoms with Crippen molar-refractivity contribution in [1.82, 2.24) is 9.80 Å². The average molecular weight is 196 g/mol. The molecular formula is C11H20N2O. The van der Waals surface area contributed by atoms with Crippen LogP contribution >= 0.6 is 0 Å². The van der Waals surface area contributed by atoms with Crippen molar-refractivity contribution in [2.45, 2.75) is 45.1 Å². The van der Waals surface area contributed by atoms with E-state index in [0.29, 0.717) is 6.04 Å². The van der Waals surface area contributed by atoms with Gasteiger partial charge in [0.15, 0.2) is 0 Å². The SMILES string of the molecule is CC1CCCCN1C(=O)N1CCCC1. The van der Waals surface area contributed by atoms with Crippen molar-refractivity contribution >= 4 is 6.03 Å². The summed E-state index contributed by atoms with van der Waals surface area (Å²) >= 11 is 0. The summed E-state index contributed by atoms with van der Waals surface area (Å²) in [4.78, 5) is 16.1. The first-order valence-corrected chi connectivity index (χ1v) is 5.84. The second-order valence-electron chi connectivity index (χ2n) is 4.51. The quantitative estimate of drug-likeness (QED) is 0.582. The Morgan fingerprint density at radius 3 is 2.36 bits per heavy atom. The molecule has 1 unspecified atom stereocenters. The van der Waals surface area contributed by atoms with E-state index < -0.39 is 0 Å². The van der Waals surface area contributed by atoms with Crippen molar-refractivity contribution in [3.8, 4) is 0 Å². The van der Waals surface area contributed by atoms with E-state index in [1.807, 2.05) is 4.90 Å². The summed E-state index contributed by atoms with van der Waals surface area (Å²) < 4.78 is 0. The van der Waals surface area contributed by atoms with Crippen molar-refractivity contribution in [3.63, 3.8) is 0 Å². The van der Waals surface area contributed by atoms with Crippen LogP contribution in [0.15, 0.2) is 0 Å². The van der Waals surface area contributed by atoms with Gasteiger partial charge < -0.3 is 9.80 Å². The first kappa shape index (κ1) is 9.81. The Balaban J connectivity index is 1.94. The van der Waals surface area contributed by atoms with Gasteiger partial charge in [-0.3, -0.25) is 0 Å². The van der Waals surface area contributed by atoms with Crippen LogP contribution in [0.5, 0.6) is 0 Å². The largest absolute Gasteiger partial charge is 0.325 e. The molecule has 0 spiro atoms. The molecule has 2 rings (SSSR count). The zero-order chi connectivity index (χ0) is 9.97. The normalized spacial score (nSPS) is 28.2. The Bertz CT molecular complexity index is 211. The van der Waals surface area contributed by atoms with Gasteiger partial charge in [0, 0.05) is 25.7 Å². The first-order chi connectivity index (χ1) is 6.79. The molecule has 0 radical (unpaired) electrons. The Morgan fingerprint density at radius 2 is 1.71 bits per heavy atom. The monoisotopic (exact) mass is 196 g/mol. The smallest absolute Gasteiger partial charge is 0.320 e. The van der Waals surface area contributed by atoms with Crippen molar-refractivity contribution in [2.24, 2.45) is 0 Å². The van der Waals surface area contributed by atoms with Gasteiger partial charge in [-0.2, -0.15) is 0 Å². The molecule has 2 amide bonds. The lowest BCUT2D eigenvalue weighted by molar-refractivity contribution is 0.128. The number of urea groups is 1. The lowest BCUT2D eigenvalue weighted by Crippen LogP contribution is -2.48. The van der Waals surface area contributed by atoms with Crippen molar-refractivity contribution in [3.05, 3.63) is 0 Å². The maximum atomic E-state index is 12.1. The van der Waals surface area contributed by atoms with Crippen molar-refractivity contribution < 1.29 is 4.79 Å². The maximum Gasteiger partial charge on any atom is 0.320 e. The number of carbonyl (C=O) groups excluding carboxylic acids is 1. The third-order valence-electron chi connectivity index (χ3n) is 3.43. The van der Waals surface area contributed by atoms with Gasteiger partial charge >= 0.3 is 6.03 Å². The highest BCUT2D eigenvalue weighted by atomic mass is 16.2. The van der Waals surface area contributed by atoms with Crippen molar-refractivity contribution in [1.29, 1.82) is 0 Å². The molecule has 2 fully saturated rings. The van der Waals surface area contributed by atoms with Crippen LogP contribution in [0.2, 0.25) is 0 Å². The highest BCUT2D eigenvalue weighted by Crippen LogP contribution is 2.20. The van der Waals surface area contributed by atoms with Crippen LogP contribution in [0, 0.1) is 0 Å². The van der Waals surface area contributed by atoms with E-state index in [-0.39, 0.29) is 6.03 Å². The lowest BCUT2D eigenvalue weighted by Gasteiger charge is -2.36. The minimum absolute atomic E-state index is 0.287. The van der Waals surface area contributed by atoms with Crippen LogP contribution in [-0.4, -0.2) is 41.5 Å². The molecule has 2 aliphatic rings. The standard InChI is InChI=1S/C11H20N2O/c1-10-6-2-3-9-13(10)11(14)12-7-4-5-8-12/h10H,2-9H2,1H3. The van der Waals surface area contributed by atoms with Crippen molar-refractivity contribution in [2.75, 3.05) is 19.6 Å². The van der Waals surface area contributed by atoms with Crippen LogP contribution < -0.4 is 0 Å². The van der Waals surface area contributed by atoms with E-state index in [0.717, 1.165) is 19.6 Å². The van der Waals surface area contributed by atoms with Gasteiger partial charge in [0.2, 0.25) is 0 Å². The number of piperidine rings is 1. The second-order valence-corrected chi connectivity index (χ2v) is 4.51. The zero-order valence-electron chi connectivity index (χ0n) is 9.04. The van der Waals surface area contributed by atoms with Gasteiger partial charge in [-0.15, -0.1) is 0 Å². The minimum atomic E-state index is 0.287. The van der Waals surface area contributed by atoms with Gasteiger partial charge in [0.1, 0.15) is 0 Å². The molecule has 80 valence electrons. The summed E-state index contributed by atoms with van der Waals surface area (Å²) in [5.41, 5.74) is 0. The summed E-state index contributed by atoms with van der Waals surface area (Å²) in [6.45, 7) is 5.09. The van der Waals surface area contributed by atoms with E-state index >= 15 is 0 Å². The molecule has 14 heavy (non-hydrogen) atoms. The molecule has 0 aromatic heterocycles. The van der Waals surface area contributed by atoms with E-state index in [1.165, 1.54) is 32.1 Å². The Hall–Kier alpha value is -0.730. The van der Waals surface area contributed by atoms with E-state index in [4.69, 9.17) is 0 Å². The topological polar surface area (TPSA) is 23.6 Å². The molecule has 3 nitrogen and oxygen atoms in total. The number of carbonyl (C=O) groups is 1. The zero-order valence-corrected chi connectivity index (χ0v) is 9.04. The highest BCUT2D eigenvalue weighted by molar-refractivity contribution is 5.75. The molecule has 0 aliphatic carbocycles. The summed E-state index contributed by atoms with van der Waals surface area (Å²) in [6.07, 6.45) is 6.02. The third kappa shape index (κ3) is 1.86. The van der Waals surface area contributed by atoms with Crippen LogP contribution in [0.25, 0.3) is 0 Å². The Morgan fingerprint density at radius 1 is 1.07 bits per heavy atom. The summed E-state index contributed by atoms with van der Waals surface area (Å²) in [6, 6.07) is 0.742. The number of likely N-dealkylation sites (tertiary alicyclic amines) is 2. The van der Waals surface area contributed by atoms with Gasteiger partial charge in [-0.25, -0.2) is 4.79 Å². The molecule has 1 atom stereocenters. The molecule has 0 bridgehead atoms. The lowest BCUT2D eigenvalue weighted by atomic mass is 10.0. The molecule has 0 N–H and O–H groups in total. The number of hydrogen-bond donors (Lipinski definition) is 0. The number of nitrogens with zero attached hydrogens (tertiary/aromatic N) is 2. The summed E-state index contributed by atoms with van der Waals surface area (Å²) in [7, 11) is 0. The van der Waals surface area contributed by atoms with Gasteiger partial charge in [-0.05, 0) is 39.0 Å². The third-order valence-corrected chi connectivity index (χ3v) is 3.43. The summed E-state index contributed by atoms with van der Waals surface area (Å²) in [5, 5.41) is 0. The summed E-state index contributed by atoms with van der Waals surface area (Å²) in [5.74, 6) is 0. The first-order valence-electron chi connectivity index (χ1n) is 5.84. The van der Waals surface area contributed by atoms with Gasteiger partial charge in [0.05, 0.1) is 0 Å². The maximum absolute atomic E-state index is 12.1. The molecule has 2 heterocycles. The van der Waals surface area contributed by atoms with Crippen LogP contribution in [0.3, 0.4) is 0 Å². The van der Waals surface area contributed by atoms with Gasteiger partial charge in [-0.1, -0.05) is 0 Å². The minimum Gasteiger partial charge on any atom is -0.325 e. The predicted molar refractivity (Wildman–Crippen MR) is 56.2 cm³/mol. The molecule has 0 saturated carbocycles. The fraction of sp³-hybridized carbons (Fsp3) is 0.909. The Kier molecular flexibility index (Phi) is 2.94. The second kappa shape index (κ2) is 4.20. The number of hydrogen-bond acceptors (Lipinski definition) is 1. The van der Waals surface area contributed by atoms with E-state index in [9.17, 15) is 4.79 Å². The molecular weight excluding hydrogens is 176 g/mol. The van der Waals surface area contributed by atoms with Crippen LogP contribution in [-0.2, 0) is 0 Å². The predicted octanol–water partition coefficient (Wildman–Crippen LogP) is 2.08. The number of amides is 2. The average Bonchev–Trinajstić information content (AvgIpc) is 2.70. The van der Waals surface area contributed by atoms with Crippen LogP contribution in [0.1, 0.15) is 39.0 Å². The van der Waals surface area contributed by atoms with Crippen LogP contribution in [0.4, 0.5) is 4.79 Å². The Labute approximate surface area is 86.1 Å². The van der Waals surface area contributed by atoms with E-state index in [1.54, 1.807) is 0 Å². The van der Waals surface area contributed by atoms with Gasteiger partial charge in [0.25, 0.3) is 0 Å². The fourth-order valence-corrected chi connectivity index (χ4v) is 2.47. The fourth-order valence-electron chi connectivity index (χ4n) is 2.47. The highest BCUT2D eigenvalue weighted by Gasteiger charge is 2.28. The number of rotatable bonds is 0. The molecule has 0 aromatic carbocycles. The molecule has 2 aliphatic heterocycles. The molecule has 2 saturated heterocycles.